The van der Waals surface area contributed by atoms with Gasteiger partial charge in [-0.3, -0.25) is 4.79 Å². The second-order valence-electron chi connectivity index (χ2n) is 6.24. The van der Waals surface area contributed by atoms with Gasteiger partial charge in [-0.1, -0.05) is 36.0 Å². The zero-order valence-electron chi connectivity index (χ0n) is 15.7. The number of rotatable bonds is 6. The maximum atomic E-state index is 13.8. The van der Waals surface area contributed by atoms with E-state index in [0.717, 1.165) is 35.2 Å². The lowest BCUT2D eigenvalue weighted by molar-refractivity contribution is -0.115. The Kier molecular flexibility index (Phi) is 6.08. The van der Waals surface area contributed by atoms with Gasteiger partial charge >= 0.3 is 0 Å². The highest BCUT2D eigenvalue weighted by Gasteiger charge is 2.21. The molecule has 0 saturated heterocycles. The first-order chi connectivity index (χ1) is 13.4. The fourth-order valence-electron chi connectivity index (χ4n) is 2.72. The summed E-state index contributed by atoms with van der Waals surface area (Å²) in [6, 6.07) is 10.8. The van der Waals surface area contributed by atoms with Gasteiger partial charge in [-0.25, -0.2) is 8.78 Å². The first kappa shape index (κ1) is 20.0. The van der Waals surface area contributed by atoms with Crippen LogP contribution in [0.5, 0.6) is 0 Å². The highest BCUT2D eigenvalue weighted by atomic mass is 32.2. The van der Waals surface area contributed by atoms with Crippen LogP contribution in [0.1, 0.15) is 19.4 Å². The maximum absolute atomic E-state index is 13.8. The first-order valence-corrected chi connectivity index (χ1v) is 9.70. The molecule has 8 heteroatoms. The van der Waals surface area contributed by atoms with Crippen LogP contribution in [-0.4, -0.2) is 25.9 Å². The molecule has 3 aromatic rings. The number of hydrogen-bond acceptors (Lipinski definition) is 4. The van der Waals surface area contributed by atoms with Crippen molar-refractivity contribution in [2.75, 3.05) is 5.32 Å². The van der Waals surface area contributed by atoms with Crippen molar-refractivity contribution in [3.63, 3.8) is 0 Å². The minimum atomic E-state index is -0.689. The zero-order valence-corrected chi connectivity index (χ0v) is 16.6. The molecule has 3 rings (SSSR count). The van der Waals surface area contributed by atoms with Gasteiger partial charge in [-0.15, -0.1) is 10.2 Å². The molecule has 1 atom stereocenters. The summed E-state index contributed by atoms with van der Waals surface area (Å²) in [6.07, 6.45) is 0. The Morgan fingerprint density at radius 1 is 1.21 bits per heavy atom. The van der Waals surface area contributed by atoms with Gasteiger partial charge < -0.3 is 9.88 Å². The van der Waals surface area contributed by atoms with Crippen LogP contribution in [0.3, 0.4) is 0 Å². The molecule has 0 fully saturated rings. The Hall–Kier alpha value is -2.74. The van der Waals surface area contributed by atoms with Crippen molar-refractivity contribution < 1.29 is 13.6 Å². The smallest absolute Gasteiger partial charge is 0.237 e. The summed E-state index contributed by atoms with van der Waals surface area (Å²) in [4.78, 5) is 12.4. The highest BCUT2D eigenvalue weighted by molar-refractivity contribution is 8.00. The summed E-state index contributed by atoms with van der Waals surface area (Å²) < 4.78 is 29.0. The minimum absolute atomic E-state index is 0.185. The predicted molar refractivity (Wildman–Crippen MR) is 106 cm³/mol. The molecule has 2 aromatic carbocycles. The van der Waals surface area contributed by atoms with E-state index in [4.69, 9.17) is 0 Å². The van der Waals surface area contributed by atoms with Crippen LogP contribution in [-0.2, 0) is 11.3 Å². The molecule has 0 radical (unpaired) electrons. The monoisotopic (exact) mass is 402 g/mol. The molecule has 0 spiro atoms. The second-order valence-corrected chi connectivity index (χ2v) is 7.55. The van der Waals surface area contributed by atoms with Crippen LogP contribution >= 0.6 is 11.8 Å². The molecular weight excluding hydrogens is 382 g/mol. The Morgan fingerprint density at radius 2 is 1.96 bits per heavy atom. The van der Waals surface area contributed by atoms with Gasteiger partial charge in [0, 0.05) is 18.2 Å². The van der Waals surface area contributed by atoms with Gasteiger partial charge in [0.25, 0.3) is 0 Å². The molecule has 0 aliphatic carbocycles. The number of thioether (sulfide) groups is 1. The second kappa shape index (κ2) is 8.52. The largest absolute Gasteiger partial charge is 0.323 e. The summed E-state index contributed by atoms with van der Waals surface area (Å²) in [6.45, 7) is 6.29. The molecule has 1 N–H and O–H groups in total. The lowest BCUT2D eigenvalue weighted by Crippen LogP contribution is -2.23. The van der Waals surface area contributed by atoms with Crippen molar-refractivity contribution in [1.29, 1.82) is 0 Å². The Labute approximate surface area is 166 Å². The minimum Gasteiger partial charge on any atom is -0.323 e. The summed E-state index contributed by atoms with van der Waals surface area (Å²) in [5, 5.41) is 10.9. The average molecular weight is 402 g/mol. The molecule has 0 bridgehead atoms. The average Bonchev–Trinajstić information content (AvgIpc) is 3.07. The lowest BCUT2D eigenvalue weighted by atomic mass is 10.1. The van der Waals surface area contributed by atoms with E-state index in [0.29, 0.717) is 11.7 Å². The van der Waals surface area contributed by atoms with E-state index in [9.17, 15) is 13.6 Å². The highest BCUT2D eigenvalue weighted by Crippen LogP contribution is 2.29. The number of anilines is 1. The van der Waals surface area contributed by atoms with Crippen LogP contribution in [0.2, 0.25) is 0 Å². The zero-order chi connectivity index (χ0) is 20.3. The normalized spacial score (nSPS) is 12.0. The third-order valence-electron chi connectivity index (χ3n) is 4.26. The standard InChI is InChI=1S/C20H20F2N4OS/c1-4-26-18(15-8-6-5-7-12(15)2)24-25-20(26)28-13(3)19(27)23-17-11-14(21)9-10-16(17)22/h5-11,13H,4H2,1-3H3,(H,23,27)/t13-/m0/s1. The summed E-state index contributed by atoms with van der Waals surface area (Å²) in [5.41, 5.74) is 1.87. The lowest BCUT2D eigenvalue weighted by Gasteiger charge is -2.13. The SMILES string of the molecule is CCn1c(S[C@@H](C)C(=O)Nc2cc(F)ccc2F)nnc1-c1ccccc1C. The van der Waals surface area contributed by atoms with Crippen molar-refractivity contribution in [2.24, 2.45) is 0 Å². The van der Waals surface area contributed by atoms with Gasteiger partial charge in [0.15, 0.2) is 11.0 Å². The fourth-order valence-corrected chi connectivity index (χ4v) is 3.64. The summed E-state index contributed by atoms with van der Waals surface area (Å²) in [7, 11) is 0. The molecular formula is C20H20F2N4OS. The Morgan fingerprint density at radius 3 is 2.68 bits per heavy atom. The van der Waals surface area contributed by atoms with Gasteiger partial charge in [0.05, 0.1) is 10.9 Å². The maximum Gasteiger partial charge on any atom is 0.237 e. The Balaban J connectivity index is 1.79. The number of aryl methyl sites for hydroxylation is 1. The number of carbonyl (C=O) groups excluding carboxylic acids is 1. The molecule has 1 heterocycles. The predicted octanol–water partition coefficient (Wildman–Crippen LogP) is 4.67. The van der Waals surface area contributed by atoms with Crippen molar-refractivity contribution in [3.8, 4) is 11.4 Å². The topological polar surface area (TPSA) is 59.8 Å². The number of halogens is 2. The van der Waals surface area contributed by atoms with Crippen molar-refractivity contribution in [1.82, 2.24) is 14.8 Å². The molecule has 0 unspecified atom stereocenters. The molecule has 146 valence electrons. The van der Waals surface area contributed by atoms with Crippen LogP contribution in [0, 0.1) is 18.6 Å². The van der Waals surface area contributed by atoms with Gasteiger partial charge in [-0.2, -0.15) is 0 Å². The Bertz CT molecular complexity index is 1010. The van der Waals surface area contributed by atoms with Crippen molar-refractivity contribution in [2.45, 2.75) is 37.7 Å². The third kappa shape index (κ3) is 4.22. The van der Waals surface area contributed by atoms with E-state index in [1.165, 1.54) is 11.8 Å². The summed E-state index contributed by atoms with van der Waals surface area (Å²) in [5.74, 6) is -1.03. The number of nitrogens with one attached hydrogen (secondary N) is 1. The fraction of sp³-hybridized carbons (Fsp3) is 0.250. The first-order valence-electron chi connectivity index (χ1n) is 8.82. The van der Waals surface area contributed by atoms with Crippen molar-refractivity contribution >= 4 is 23.4 Å². The molecule has 1 aromatic heterocycles. The molecule has 0 saturated carbocycles. The van der Waals surface area contributed by atoms with Gasteiger partial charge in [-0.05, 0) is 38.5 Å². The van der Waals surface area contributed by atoms with Crippen LogP contribution in [0.25, 0.3) is 11.4 Å². The van der Waals surface area contributed by atoms with E-state index >= 15 is 0 Å². The van der Waals surface area contributed by atoms with E-state index in [1.54, 1.807) is 6.92 Å². The molecule has 5 nitrogen and oxygen atoms in total. The van der Waals surface area contributed by atoms with Crippen LogP contribution < -0.4 is 5.32 Å². The number of carbonyl (C=O) groups is 1. The van der Waals surface area contributed by atoms with E-state index < -0.39 is 22.8 Å². The van der Waals surface area contributed by atoms with E-state index in [-0.39, 0.29) is 5.69 Å². The third-order valence-corrected chi connectivity index (χ3v) is 5.34. The number of hydrogen-bond donors (Lipinski definition) is 1. The quantitative estimate of drug-likeness (QED) is 0.609. The number of aromatic nitrogens is 3. The summed E-state index contributed by atoms with van der Waals surface area (Å²) >= 11 is 1.21. The molecule has 28 heavy (non-hydrogen) atoms. The van der Waals surface area contributed by atoms with E-state index in [2.05, 4.69) is 15.5 Å². The number of amides is 1. The number of benzene rings is 2. The van der Waals surface area contributed by atoms with Gasteiger partial charge in [0.1, 0.15) is 11.6 Å². The van der Waals surface area contributed by atoms with Gasteiger partial charge in [0.2, 0.25) is 5.91 Å². The molecule has 0 aliphatic rings. The van der Waals surface area contributed by atoms with Crippen LogP contribution in [0.15, 0.2) is 47.6 Å². The molecule has 1 amide bonds. The van der Waals surface area contributed by atoms with Crippen LogP contribution in [0.4, 0.5) is 14.5 Å². The van der Waals surface area contributed by atoms with E-state index in [1.807, 2.05) is 42.7 Å². The van der Waals surface area contributed by atoms with Crippen molar-refractivity contribution in [3.05, 3.63) is 59.7 Å². The molecule has 0 aliphatic heterocycles. The number of nitrogens with zero attached hydrogens (tertiary/aromatic N) is 3.